The summed E-state index contributed by atoms with van der Waals surface area (Å²) < 4.78 is 1.75. The number of aryl methyl sites for hydroxylation is 2. The number of carbonyl (C=O) groups excluding carboxylic acids is 1. The van der Waals surface area contributed by atoms with Crippen LogP contribution in [-0.2, 0) is 7.05 Å². The van der Waals surface area contributed by atoms with Crippen LogP contribution in [0.5, 0.6) is 0 Å². The van der Waals surface area contributed by atoms with Crippen molar-refractivity contribution in [3.05, 3.63) is 17.0 Å². The number of aromatic nitrogens is 2. The quantitative estimate of drug-likeness (QED) is 0.647. The number of hydrogen-bond acceptors (Lipinski definition) is 2. The first-order chi connectivity index (χ1) is 8.07. The number of carbonyl (C=O) groups is 1. The van der Waals surface area contributed by atoms with Crippen molar-refractivity contribution < 1.29 is 4.79 Å². The van der Waals surface area contributed by atoms with Crippen LogP contribution in [0.3, 0.4) is 0 Å². The molecule has 1 amide bonds. The Morgan fingerprint density at radius 3 is 2.59 bits per heavy atom. The van der Waals surface area contributed by atoms with Gasteiger partial charge in [0.05, 0.1) is 11.3 Å². The summed E-state index contributed by atoms with van der Waals surface area (Å²) in [7, 11) is 1.86. The number of hydrogen-bond donors (Lipinski definition) is 1. The van der Waals surface area contributed by atoms with Gasteiger partial charge >= 0.3 is 0 Å². The van der Waals surface area contributed by atoms with Crippen LogP contribution in [0, 0.1) is 13.8 Å². The predicted molar refractivity (Wildman–Crippen MR) is 72.7 cm³/mol. The number of rotatable bonds is 6. The fourth-order valence-electron chi connectivity index (χ4n) is 1.79. The molecule has 0 aliphatic carbocycles. The molecule has 0 spiro atoms. The van der Waals surface area contributed by atoms with E-state index in [-0.39, 0.29) is 5.91 Å². The lowest BCUT2D eigenvalue weighted by atomic mass is 10.2. The van der Waals surface area contributed by atoms with Gasteiger partial charge in [-0.3, -0.25) is 9.48 Å². The van der Waals surface area contributed by atoms with Gasteiger partial charge in [0, 0.05) is 24.6 Å². The minimum atomic E-state index is -0.00746. The molecule has 0 unspecified atom stereocenters. The Hall–Kier alpha value is -0.840. The minimum Gasteiger partial charge on any atom is -0.352 e. The van der Waals surface area contributed by atoms with Gasteiger partial charge in [-0.2, -0.15) is 5.10 Å². The molecule has 0 radical (unpaired) electrons. The van der Waals surface area contributed by atoms with Gasteiger partial charge in [-0.25, -0.2) is 0 Å². The van der Waals surface area contributed by atoms with Crippen LogP contribution in [0.25, 0.3) is 0 Å². The lowest BCUT2D eigenvalue weighted by molar-refractivity contribution is 0.0951. The smallest absolute Gasteiger partial charge is 0.255 e. The molecule has 5 heteroatoms. The van der Waals surface area contributed by atoms with Crippen LogP contribution in [0.15, 0.2) is 0 Å². The van der Waals surface area contributed by atoms with E-state index in [1.54, 1.807) is 4.68 Å². The topological polar surface area (TPSA) is 46.9 Å². The van der Waals surface area contributed by atoms with Crippen molar-refractivity contribution in [3.63, 3.8) is 0 Å². The second-order valence-electron chi connectivity index (χ2n) is 4.17. The second kappa shape index (κ2) is 6.79. The molecule has 0 fully saturated rings. The monoisotopic (exact) mass is 301 g/mol. The van der Waals surface area contributed by atoms with Gasteiger partial charge < -0.3 is 5.32 Å². The van der Waals surface area contributed by atoms with Crippen molar-refractivity contribution in [2.45, 2.75) is 33.1 Å². The van der Waals surface area contributed by atoms with Crippen molar-refractivity contribution in [2.24, 2.45) is 7.05 Å². The van der Waals surface area contributed by atoms with E-state index in [1.165, 1.54) is 0 Å². The number of nitrogens with zero attached hydrogens (tertiary/aromatic N) is 2. The lowest BCUT2D eigenvalue weighted by Gasteiger charge is -2.05. The van der Waals surface area contributed by atoms with Crippen molar-refractivity contribution >= 4 is 21.8 Å². The maximum absolute atomic E-state index is 12.0. The summed E-state index contributed by atoms with van der Waals surface area (Å²) >= 11 is 3.39. The predicted octanol–water partition coefficient (Wildman–Crippen LogP) is 2.33. The van der Waals surface area contributed by atoms with Gasteiger partial charge in [-0.05, 0) is 26.7 Å². The molecule has 0 atom stereocenters. The standard InChI is InChI=1S/C12H20BrN3O/c1-9-11(10(2)16(3)15-9)12(17)14-8-6-4-5-7-13/h4-8H2,1-3H3,(H,14,17). The van der Waals surface area contributed by atoms with E-state index in [0.717, 1.165) is 42.5 Å². The van der Waals surface area contributed by atoms with E-state index in [9.17, 15) is 4.79 Å². The van der Waals surface area contributed by atoms with Crippen LogP contribution in [0.4, 0.5) is 0 Å². The zero-order valence-corrected chi connectivity index (χ0v) is 12.3. The van der Waals surface area contributed by atoms with Crippen LogP contribution in [0.2, 0.25) is 0 Å². The summed E-state index contributed by atoms with van der Waals surface area (Å²) in [4.78, 5) is 12.0. The van der Waals surface area contributed by atoms with Crippen molar-refractivity contribution in [1.82, 2.24) is 15.1 Å². The zero-order chi connectivity index (χ0) is 12.8. The Morgan fingerprint density at radius 2 is 2.06 bits per heavy atom. The highest BCUT2D eigenvalue weighted by Crippen LogP contribution is 2.11. The van der Waals surface area contributed by atoms with E-state index < -0.39 is 0 Å². The van der Waals surface area contributed by atoms with Gasteiger partial charge in [0.25, 0.3) is 5.91 Å². The van der Waals surface area contributed by atoms with Crippen LogP contribution in [-0.4, -0.2) is 27.6 Å². The molecule has 0 saturated carbocycles. The van der Waals surface area contributed by atoms with E-state index in [2.05, 4.69) is 26.3 Å². The van der Waals surface area contributed by atoms with Crippen LogP contribution < -0.4 is 5.32 Å². The maximum Gasteiger partial charge on any atom is 0.255 e. The number of nitrogens with one attached hydrogen (secondary N) is 1. The molecule has 0 aromatic carbocycles. The Labute approximate surface area is 111 Å². The van der Waals surface area contributed by atoms with Gasteiger partial charge in [-0.1, -0.05) is 22.4 Å². The summed E-state index contributed by atoms with van der Waals surface area (Å²) in [6.45, 7) is 4.52. The molecular weight excluding hydrogens is 282 g/mol. The van der Waals surface area contributed by atoms with Gasteiger partial charge in [0.1, 0.15) is 0 Å². The van der Waals surface area contributed by atoms with Gasteiger partial charge in [-0.15, -0.1) is 0 Å². The SMILES string of the molecule is Cc1nn(C)c(C)c1C(=O)NCCCCCBr. The fourth-order valence-corrected chi connectivity index (χ4v) is 2.19. The Morgan fingerprint density at radius 1 is 1.35 bits per heavy atom. The molecule has 1 heterocycles. The second-order valence-corrected chi connectivity index (χ2v) is 4.97. The van der Waals surface area contributed by atoms with Crippen LogP contribution >= 0.6 is 15.9 Å². The highest BCUT2D eigenvalue weighted by molar-refractivity contribution is 9.09. The molecule has 0 aliphatic rings. The van der Waals surface area contributed by atoms with Crippen molar-refractivity contribution in [2.75, 3.05) is 11.9 Å². The maximum atomic E-state index is 12.0. The molecular formula is C12H20BrN3O. The molecule has 4 nitrogen and oxygen atoms in total. The summed E-state index contributed by atoms with van der Waals surface area (Å²) in [5, 5.41) is 8.21. The molecule has 1 rings (SSSR count). The first-order valence-electron chi connectivity index (χ1n) is 5.92. The largest absolute Gasteiger partial charge is 0.352 e. The summed E-state index contributed by atoms with van der Waals surface area (Å²) in [5.41, 5.74) is 2.43. The average molecular weight is 302 g/mol. The molecule has 17 heavy (non-hydrogen) atoms. The molecule has 0 saturated heterocycles. The molecule has 96 valence electrons. The number of unbranched alkanes of at least 4 members (excludes halogenated alkanes) is 2. The van der Waals surface area contributed by atoms with Crippen LogP contribution in [0.1, 0.15) is 41.0 Å². The zero-order valence-electron chi connectivity index (χ0n) is 10.7. The van der Waals surface area contributed by atoms with Gasteiger partial charge in [0.15, 0.2) is 0 Å². The Balaban J connectivity index is 2.47. The normalized spacial score (nSPS) is 10.6. The fraction of sp³-hybridized carbons (Fsp3) is 0.667. The third-order valence-electron chi connectivity index (χ3n) is 2.83. The number of halogens is 1. The van der Waals surface area contributed by atoms with E-state index in [1.807, 2.05) is 20.9 Å². The molecule has 0 bridgehead atoms. The average Bonchev–Trinajstić information content (AvgIpc) is 2.53. The minimum absolute atomic E-state index is 0.00746. The van der Waals surface area contributed by atoms with Crippen molar-refractivity contribution in [3.8, 4) is 0 Å². The highest BCUT2D eigenvalue weighted by Gasteiger charge is 2.16. The van der Waals surface area contributed by atoms with E-state index >= 15 is 0 Å². The molecule has 1 aromatic rings. The first kappa shape index (κ1) is 14.2. The first-order valence-corrected chi connectivity index (χ1v) is 7.04. The third kappa shape index (κ3) is 3.84. The highest BCUT2D eigenvalue weighted by atomic mass is 79.9. The molecule has 1 aromatic heterocycles. The number of amides is 1. The van der Waals surface area contributed by atoms with E-state index in [4.69, 9.17) is 0 Å². The van der Waals surface area contributed by atoms with Crippen molar-refractivity contribution in [1.29, 1.82) is 0 Å². The summed E-state index contributed by atoms with van der Waals surface area (Å²) in [5.74, 6) is -0.00746. The lowest BCUT2D eigenvalue weighted by Crippen LogP contribution is -2.25. The summed E-state index contributed by atoms with van der Waals surface area (Å²) in [6, 6.07) is 0. The molecule has 0 aliphatic heterocycles. The Kier molecular flexibility index (Phi) is 5.68. The summed E-state index contributed by atoms with van der Waals surface area (Å²) in [6.07, 6.45) is 3.31. The van der Waals surface area contributed by atoms with Gasteiger partial charge in [0.2, 0.25) is 0 Å². The number of alkyl halides is 1. The Bertz CT molecular complexity index is 387. The third-order valence-corrected chi connectivity index (χ3v) is 3.39. The molecule has 1 N–H and O–H groups in total. The van der Waals surface area contributed by atoms with E-state index in [0.29, 0.717) is 5.56 Å².